The number of amides is 5. The van der Waals surface area contributed by atoms with Crippen LogP contribution in [0.2, 0.25) is 0 Å². The van der Waals surface area contributed by atoms with Gasteiger partial charge in [0.25, 0.3) is 0 Å². The van der Waals surface area contributed by atoms with Gasteiger partial charge in [-0.1, -0.05) is 0 Å². The van der Waals surface area contributed by atoms with Crippen LogP contribution in [0.3, 0.4) is 0 Å². The van der Waals surface area contributed by atoms with Crippen molar-refractivity contribution in [1.29, 1.82) is 0 Å². The maximum absolute atomic E-state index is 12.8. The molecule has 4 atom stereocenters. The van der Waals surface area contributed by atoms with Crippen LogP contribution in [0.5, 0.6) is 0 Å². The number of rotatable bonds is 13. The summed E-state index contributed by atoms with van der Waals surface area (Å²) in [6, 6.07) is -5.60. The van der Waals surface area contributed by atoms with Crippen LogP contribution in [0.15, 0.2) is 0 Å². The van der Waals surface area contributed by atoms with Gasteiger partial charge in [0.15, 0.2) is 0 Å². The summed E-state index contributed by atoms with van der Waals surface area (Å²) in [7, 11) is 0. The third-order valence-corrected chi connectivity index (χ3v) is 4.89. The first-order valence-electron chi connectivity index (χ1n) is 10.0. The Kier molecular flexibility index (Phi) is 10.2. The van der Waals surface area contributed by atoms with Crippen molar-refractivity contribution < 1.29 is 43.8 Å². The molecule has 5 amide bonds. The number of aliphatic carboxylic acids is 2. The van der Waals surface area contributed by atoms with Crippen molar-refractivity contribution in [3.8, 4) is 0 Å². The molecular weight excluding hydrogens is 444 g/mol. The summed E-state index contributed by atoms with van der Waals surface area (Å²) in [6.45, 7) is 0.0841. The molecule has 1 rings (SSSR count). The summed E-state index contributed by atoms with van der Waals surface area (Å²) in [5, 5.41) is 22.3. The molecule has 1 fully saturated rings. The monoisotopic (exact) mass is 472 g/mol. The molecule has 1 aliphatic rings. The molecule has 1 heterocycles. The summed E-state index contributed by atoms with van der Waals surface area (Å²) >= 11 is 0. The number of carbonyl (C=O) groups excluding carboxylic acids is 5. The molecule has 0 aromatic heterocycles. The minimum atomic E-state index is -1.59. The van der Waals surface area contributed by atoms with Crippen molar-refractivity contribution in [1.82, 2.24) is 15.5 Å². The van der Waals surface area contributed by atoms with Gasteiger partial charge < -0.3 is 42.9 Å². The molecule has 10 N–H and O–H groups in total. The highest BCUT2D eigenvalue weighted by molar-refractivity contribution is 5.97. The van der Waals surface area contributed by atoms with Crippen molar-refractivity contribution >= 4 is 41.5 Å². The lowest BCUT2D eigenvalue weighted by Crippen LogP contribution is -2.58. The number of carboxylic acid groups (broad SMARTS) is 2. The lowest BCUT2D eigenvalue weighted by Gasteiger charge is -2.28. The van der Waals surface area contributed by atoms with E-state index < -0.39 is 84.9 Å². The molecule has 4 unspecified atom stereocenters. The number of nitrogens with one attached hydrogen (secondary N) is 2. The summed E-state index contributed by atoms with van der Waals surface area (Å²) < 4.78 is 0. The van der Waals surface area contributed by atoms with Gasteiger partial charge in [-0.2, -0.15) is 0 Å². The second kappa shape index (κ2) is 12.3. The second-order valence-corrected chi connectivity index (χ2v) is 7.53. The smallest absolute Gasteiger partial charge is 0.326 e. The Morgan fingerprint density at radius 3 is 1.97 bits per heavy atom. The lowest BCUT2D eigenvalue weighted by molar-refractivity contribution is -0.149. The molecule has 15 nitrogen and oxygen atoms in total. The standard InChI is InChI=1S/C18H28N6O9/c19-8(3-4-14(27)28)15(29)22-9(6-12(20)25)16(30)23-10(7-13(21)26)17(31)24-5-1-2-11(24)18(32)33/h8-11H,1-7,19H2,(H2,20,25)(H2,21,26)(H,22,29)(H,23,30)(H,27,28)(H,32,33). The molecule has 33 heavy (non-hydrogen) atoms. The molecule has 184 valence electrons. The van der Waals surface area contributed by atoms with Crippen molar-refractivity contribution in [2.75, 3.05) is 6.54 Å². The predicted molar refractivity (Wildman–Crippen MR) is 109 cm³/mol. The quantitative estimate of drug-likeness (QED) is 0.136. The average Bonchev–Trinajstić information content (AvgIpc) is 3.19. The van der Waals surface area contributed by atoms with Crippen LogP contribution in [0.1, 0.15) is 38.5 Å². The number of nitrogens with two attached hydrogens (primary N) is 3. The number of carboxylic acids is 2. The van der Waals surface area contributed by atoms with Gasteiger partial charge in [0, 0.05) is 13.0 Å². The Morgan fingerprint density at radius 1 is 0.909 bits per heavy atom. The van der Waals surface area contributed by atoms with Gasteiger partial charge >= 0.3 is 11.9 Å². The maximum atomic E-state index is 12.8. The van der Waals surface area contributed by atoms with Crippen LogP contribution in [0.4, 0.5) is 0 Å². The molecule has 1 saturated heterocycles. The summed E-state index contributed by atoms with van der Waals surface area (Å²) in [4.78, 5) is 83.6. The van der Waals surface area contributed by atoms with E-state index in [-0.39, 0.29) is 19.4 Å². The Morgan fingerprint density at radius 2 is 1.45 bits per heavy atom. The zero-order chi connectivity index (χ0) is 25.3. The number of nitrogens with zero attached hydrogens (tertiary/aromatic N) is 1. The third kappa shape index (κ3) is 8.72. The Labute approximate surface area is 188 Å². The third-order valence-electron chi connectivity index (χ3n) is 4.89. The molecule has 1 aliphatic heterocycles. The molecule has 0 spiro atoms. The van der Waals surface area contributed by atoms with E-state index >= 15 is 0 Å². The predicted octanol–water partition coefficient (Wildman–Crippen LogP) is -4.03. The van der Waals surface area contributed by atoms with E-state index in [1.54, 1.807) is 0 Å². The van der Waals surface area contributed by atoms with E-state index in [9.17, 15) is 38.7 Å². The highest BCUT2D eigenvalue weighted by Gasteiger charge is 2.39. The fourth-order valence-corrected chi connectivity index (χ4v) is 3.26. The van der Waals surface area contributed by atoms with Gasteiger partial charge in [0.2, 0.25) is 29.5 Å². The molecule has 0 aliphatic carbocycles. The molecule has 0 radical (unpaired) electrons. The van der Waals surface area contributed by atoms with Gasteiger partial charge in [-0.3, -0.25) is 28.8 Å². The summed E-state index contributed by atoms with van der Waals surface area (Å²) in [5.74, 6) is -7.28. The minimum absolute atomic E-state index is 0.0841. The van der Waals surface area contributed by atoms with Crippen LogP contribution in [-0.2, 0) is 33.6 Å². The van der Waals surface area contributed by atoms with Crippen molar-refractivity contribution in [3.63, 3.8) is 0 Å². The van der Waals surface area contributed by atoms with Crippen LogP contribution >= 0.6 is 0 Å². The second-order valence-electron chi connectivity index (χ2n) is 7.53. The van der Waals surface area contributed by atoms with Crippen LogP contribution in [-0.4, -0.2) is 87.3 Å². The van der Waals surface area contributed by atoms with Crippen molar-refractivity contribution in [2.45, 2.75) is 62.7 Å². The number of hydrogen-bond acceptors (Lipinski definition) is 8. The summed E-state index contributed by atoms with van der Waals surface area (Å²) in [5.41, 5.74) is 15.8. The maximum Gasteiger partial charge on any atom is 0.326 e. The lowest BCUT2D eigenvalue weighted by atomic mass is 10.1. The number of primary amides is 2. The van der Waals surface area contributed by atoms with Gasteiger partial charge in [0.05, 0.1) is 18.9 Å². The first-order chi connectivity index (χ1) is 15.3. The average molecular weight is 472 g/mol. The van der Waals surface area contributed by atoms with Crippen LogP contribution in [0.25, 0.3) is 0 Å². The molecule has 0 aromatic rings. The zero-order valence-corrected chi connectivity index (χ0v) is 17.7. The highest BCUT2D eigenvalue weighted by atomic mass is 16.4. The van der Waals surface area contributed by atoms with E-state index in [0.717, 1.165) is 4.90 Å². The first kappa shape index (κ1) is 27.3. The molecule has 0 bridgehead atoms. The molecule has 0 aromatic carbocycles. The Balaban J connectivity index is 2.99. The van der Waals surface area contributed by atoms with Gasteiger partial charge in [-0.05, 0) is 19.3 Å². The van der Waals surface area contributed by atoms with E-state index in [1.807, 2.05) is 0 Å². The van der Waals surface area contributed by atoms with Gasteiger partial charge in [-0.15, -0.1) is 0 Å². The molecular formula is C18H28N6O9. The highest BCUT2D eigenvalue weighted by Crippen LogP contribution is 2.19. The molecule has 15 heteroatoms. The normalized spacial score (nSPS) is 18.0. The Bertz CT molecular complexity index is 817. The van der Waals surface area contributed by atoms with Gasteiger partial charge in [0.1, 0.15) is 18.1 Å². The number of hydrogen-bond donors (Lipinski definition) is 7. The number of likely N-dealkylation sites (tertiary alicyclic amines) is 1. The fourth-order valence-electron chi connectivity index (χ4n) is 3.26. The largest absolute Gasteiger partial charge is 0.481 e. The van der Waals surface area contributed by atoms with E-state index in [0.29, 0.717) is 6.42 Å². The van der Waals surface area contributed by atoms with E-state index in [4.69, 9.17) is 22.3 Å². The SMILES string of the molecule is NC(=O)CC(NC(=O)C(N)CCC(=O)O)C(=O)NC(CC(N)=O)C(=O)N1CCCC1C(=O)O. The molecule has 0 saturated carbocycles. The Hall–Kier alpha value is -3.75. The van der Waals surface area contributed by atoms with E-state index in [1.165, 1.54) is 0 Å². The topological polar surface area (TPSA) is 265 Å². The van der Waals surface area contributed by atoms with Crippen molar-refractivity contribution in [2.24, 2.45) is 17.2 Å². The fraction of sp³-hybridized carbons (Fsp3) is 0.611. The number of carbonyl (C=O) groups is 7. The van der Waals surface area contributed by atoms with Crippen LogP contribution < -0.4 is 27.8 Å². The minimum Gasteiger partial charge on any atom is -0.481 e. The van der Waals surface area contributed by atoms with Crippen molar-refractivity contribution in [3.05, 3.63) is 0 Å². The summed E-state index contributed by atoms with van der Waals surface area (Å²) in [6.07, 6.45) is -1.44. The van der Waals surface area contributed by atoms with Gasteiger partial charge in [-0.25, -0.2) is 4.79 Å². The zero-order valence-electron chi connectivity index (χ0n) is 17.7. The van der Waals surface area contributed by atoms with E-state index in [2.05, 4.69) is 10.6 Å². The first-order valence-corrected chi connectivity index (χ1v) is 10.0. The van der Waals surface area contributed by atoms with Crippen LogP contribution in [0, 0.1) is 0 Å².